The van der Waals surface area contributed by atoms with Crippen LogP contribution in [0.4, 0.5) is 11.5 Å². The van der Waals surface area contributed by atoms with E-state index < -0.39 is 0 Å². The fourth-order valence-corrected chi connectivity index (χ4v) is 2.22. The molecule has 1 amide bonds. The number of anilines is 2. The summed E-state index contributed by atoms with van der Waals surface area (Å²) in [6.07, 6.45) is 0. The number of pyridine rings is 1. The minimum absolute atomic E-state index is 0.119. The van der Waals surface area contributed by atoms with Crippen LogP contribution in [0.5, 0.6) is 0 Å². The highest BCUT2D eigenvalue weighted by Crippen LogP contribution is 2.18. The Morgan fingerprint density at radius 3 is 2.57 bits per heavy atom. The number of nitrogens with one attached hydrogen (secondary N) is 2. The molecule has 1 aromatic carbocycles. The summed E-state index contributed by atoms with van der Waals surface area (Å²) in [4.78, 5) is 16.7. The molecule has 21 heavy (non-hydrogen) atoms. The standard InChI is InChI=1S/C17H21N3O/c1-5-18-16-10-14(9-13(4)19-16)17(21)20-15-7-6-11(2)8-12(15)3/h6-10H,5H2,1-4H3,(H,18,19)(H,20,21). The zero-order chi connectivity index (χ0) is 15.4. The van der Waals surface area contributed by atoms with Gasteiger partial charge in [0.15, 0.2) is 0 Å². The van der Waals surface area contributed by atoms with Crippen molar-refractivity contribution < 1.29 is 4.79 Å². The van der Waals surface area contributed by atoms with E-state index in [2.05, 4.69) is 21.7 Å². The molecule has 0 bridgehead atoms. The van der Waals surface area contributed by atoms with E-state index in [0.717, 1.165) is 29.3 Å². The van der Waals surface area contributed by atoms with Gasteiger partial charge in [0.2, 0.25) is 0 Å². The first-order chi connectivity index (χ1) is 9.99. The summed E-state index contributed by atoms with van der Waals surface area (Å²) in [6, 6.07) is 9.54. The van der Waals surface area contributed by atoms with Crippen molar-refractivity contribution in [3.8, 4) is 0 Å². The number of carbonyl (C=O) groups excluding carboxylic acids is 1. The van der Waals surface area contributed by atoms with Crippen molar-refractivity contribution in [1.29, 1.82) is 0 Å². The van der Waals surface area contributed by atoms with Crippen molar-refractivity contribution in [3.63, 3.8) is 0 Å². The molecule has 0 atom stereocenters. The molecule has 4 nitrogen and oxygen atoms in total. The van der Waals surface area contributed by atoms with Crippen molar-refractivity contribution in [2.45, 2.75) is 27.7 Å². The summed E-state index contributed by atoms with van der Waals surface area (Å²) >= 11 is 0. The molecule has 0 aliphatic carbocycles. The van der Waals surface area contributed by atoms with Gasteiger partial charge >= 0.3 is 0 Å². The van der Waals surface area contributed by atoms with Crippen molar-refractivity contribution >= 4 is 17.4 Å². The molecule has 0 aliphatic heterocycles. The molecule has 0 radical (unpaired) electrons. The Hall–Kier alpha value is -2.36. The second kappa shape index (κ2) is 6.39. The highest BCUT2D eigenvalue weighted by molar-refractivity contribution is 6.05. The molecule has 0 fully saturated rings. The monoisotopic (exact) mass is 283 g/mol. The van der Waals surface area contributed by atoms with Gasteiger partial charge < -0.3 is 10.6 Å². The number of aromatic nitrogens is 1. The largest absolute Gasteiger partial charge is 0.370 e. The molecule has 0 saturated heterocycles. The molecular weight excluding hydrogens is 262 g/mol. The molecule has 0 saturated carbocycles. The molecule has 2 aromatic rings. The second-order valence-corrected chi connectivity index (χ2v) is 5.19. The molecular formula is C17H21N3O. The van der Waals surface area contributed by atoms with Crippen LogP contribution in [0, 0.1) is 20.8 Å². The van der Waals surface area contributed by atoms with Gasteiger partial charge in [0.05, 0.1) is 0 Å². The Balaban J connectivity index is 2.23. The van der Waals surface area contributed by atoms with Gasteiger partial charge in [-0.05, 0) is 51.5 Å². The number of amides is 1. The van der Waals surface area contributed by atoms with E-state index >= 15 is 0 Å². The summed E-state index contributed by atoms with van der Waals surface area (Å²) in [7, 11) is 0. The highest BCUT2D eigenvalue weighted by Gasteiger charge is 2.10. The summed E-state index contributed by atoms with van der Waals surface area (Å²) in [5, 5.41) is 6.09. The third kappa shape index (κ3) is 3.81. The van der Waals surface area contributed by atoms with Gasteiger partial charge in [0.25, 0.3) is 5.91 Å². The van der Waals surface area contributed by atoms with E-state index in [1.165, 1.54) is 5.56 Å². The maximum absolute atomic E-state index is 12.4. The van der Waals surface area contributed by atoms with Crippen LogP contribution >= 0.6 is 0 Å². The highest BCUT2D eigenvalue weighted by atomic mass is 16.1. The van der Waals surface area contributed by atoms with Gasteiger partial charge in [-0.1, -0.05) is 17.7 Å². The SMILES string of the molecule is CCNc1cc(C(=O)Nc2ccc(C)cc2C)cc(C)n1. The van der Waals surface area contributed by atoms with E-state index in [1.807, 2.05) is 39.8 Å². The first kappa shape index (κ1) is 15.0. The Morgan fingerprint density at radius 1 is 1.14 bits per heavy atom. The molecule has 0 aliphatic rings. The number of carbonyl (C=O) groups is 1. The van der Waals surface area contributed by atoms with Gasteiger partial charge in [-0.2, -0.15) is 0 Å². The Labute approximate surface area is 125 Å². The van der Waals surface area contributed by atoms with E-state index in [9.17, 15) is 4.79 Å². The number of benzene rings is 1. The van der Waals surface area contributed by atoms with Crippen molar-refractivity contribution in [2.24, 2.45) is 0 Å². The lowest BCUT2D eigenvalue weighted by molar-refractivity contribution is 0.102. The van der Waals surface area contributed by atoms with Crippen LogP contribution in [0.25, 0.3) is 0 Å². The predicted molar refractivity (Wildman–Crippen MR) is 87.0 cm³/mol. The van der Waals surface area contributed by atoms with Crippen molar-refractivity contribution in [1.82, 2.24) is 4.98 Å². The first-order valence-electron chi connectivity index (χ1n) is 7.10. The Morgan fingerprint density at radius 2 is 1.90 bits per heavy atom. The van der Waals surface area contributed by atoms with Crippen LogP contribution < -0.4 is 10.6 Å². The molecule has 0 spiro atoms. The van der Waals surface area contributed by atoms with Gasteiger partial charge in [-0.3, -0.25) is 4.79 Å². The molecule has 1 heterocycles. The van der Waals surface area contributed by atoms with Crippen molar-refractivity contribution in [2.75, 3.05) is 17.2 Å². The second-order valence-electron chi connectivity index (χ2n) is 5.19. The van der Waals surface area contributed by atoms with Gasteiger partial charge in [-0.15, -0.1) is 0 Å². The number of nitrogens with zero attached hydrogens (tertiary/aromatic N) is 1. The topological polar surface area (TPSA) is 54.0 Å². The molecule has 110 valence electrons. The minimum Gasteiger partial charge on any atom is -0.370 e. The molecule has 2 rings (SSSR count). The van der Waals surface area contributed by atoms with Crippen LogP contribution in [0.15, 0.2) is 30.3 Å². The number of aryl methyl sites for hydroxylation is 3. The maximum Gasteiger partial charge on any atom is 0.255 e. The fraction of sp³-hybridized carbons (Fsp3) is 0.294. The number of hydrogen-bond donors (Lipinski definition) is 2. The average Bonchev–Trinajstić information content (AvgIpc) is 2.41. The van der Waals surface area contributed by atoms with Gasteiger partial charge in [-0.25, -0.2) is 4.98 Å². The van der Waals surface area contributed by atoms with E-state index in [0.29, 0.717) is 5.56 Å². The maximum atomic E-state index is 12.4. The van der Waals surface area contributed by atoms with Gasteiger partial charge in [0.1, 0.15) is 5.82 Å². The lowest BCUT2D eigenvalue weighted by atomic mass is 10.1. The van der Waals surface area contributed by atoms with Crippen LogP contribution in [0.2, 0.25) is 0 Å². The minimum atomic E-state index is -0.119. The third-order valence-corrected chi connectivity index (χ3v) is 3.20. The van der Waals surface area contributed by atoms with E-state index in [4.69, 9.17) is 0 Å². The average molecular weight is 283 g/mol. The third-order valence-electron chi connectivity index (χ3n) is 3.20. The van der Waals surface area contributed by atoms with Crippen LogP contribution in [-0.4, -0.2) is 17.4 Å². The lowest BCUT2D eigenvalue weighted by Crippen LogP contribution is -2.14. The summed E-state index contributed by atoms with van der Waals surface area (Å²) in [5.41, 5.74) is 4.50. The van der Waals surface area contributed by atoms with E-state index in [1.54, 1.807) is 12.1 Å². The van der Waals surface area contributed by atoms with Gasteiger partial charge in [0, 0.05) is 23.5 Å². The zero-order valence-corrected chi connectivity index (χ0v) is 12.9. The quantitative estimate of drug-likeness (QED) is 0.899. The fourth-order valence-electron chi connectivity index (χ4n) is 2.22. The van der Waals surface area contributed by atoms with Crippen LogP contribution in [-0.2, 0) is 0 Å². The summed E-state index contributed by atoms with van der Waals surface area (Å²) in [6.45, 7) is 8.68. The number of hydrogen-bond acceptors (Lipinski definition) is 3. The predicted octanol–water partition coefficient (Wildman–Crippen LogP) is 3.69. The molecule has 0 unspecified atom stereocenters. The van der Waals surface area contributed by atoms with E-state index in [-0.39, 0.29) is 5.91 Å². The molecule has 1 aromatic heterocycles. The Bertz CT molecular complexity index is 665. The molecule has 4 heteroatoms. The first-order valence-corrected chi connectivity index (χ1v) is 7.10. The van der Waals surface area contributed by atoms with Crippen LogP contribution in [0.3, 0.4) is 0 Å². The normalized spacial score (nSPS) is 10.3. The smallest absolute Gasteiger partial charge is 0.255 e. The van der Waals surface area contributed by atoms with Crippen LogP contribution in [0.1, 0.15) is 34.1 Å². The number of rotatable bonds is 4. The molecule has 2 N–H and O–H groups in total. The summed E-state index contributed by atoms with van der Waals surface area (Å²) in [5.74, 6) is 0.606. The zero-order valence-electron chi connectivity index (χ0n) is 12.9. The summed E-state index contributed by atoms with van der Waals surface area (Å²) < 4.78 is 0. The lowest BCUT2D eigenvalue weighted by Gasteiger charge is -2.11. The Kier molecular flexibility index (Phi) is 4.58. The van der Waals surface area contributed by atoms with Crippen molar-refractivity contribution in [3.05, 3.63) is 52.7 Å².